The van der Waals surface area contributed by atoms with Crippen molar-refractivity contribution in [3.8, 4) is 0 Å². The number of allylic oxidation sites excluding steroid dienone is 3. The third kappa shape index (κ3) is 3.68. The van der Waals surface area contributed by atoms with E-state index in [4.69, 9.17) is 0 Å². The van der Waals surface area contributed by atoms with Gasteiger partial charge in [-0.3, -0.25) is 4.99 Å². The Morgan fingerprint density at radius 3 is 2.62 bits per heavy atom. The van der Waals surface area contributed by atoms with Gasteiger partial charge in [0.15, 0.2) is 0 Å². The first-order chi connectivity index (χ1) is 6.17. The van der Waals surface area contributed by atoms with E-state index >= 15 is 0 Å². The first-order valence-corrected chi connectivity index (χ1v) is 4.07. The molecular formula is C11H14FN. The number of halogens is 1. The van der Waals surface area contributed by atoms with Gasteiger partial charge in [0.25, 0.3) is 0 Å². The summed E-state index contributed by atoms with van der Waals surface area (Å²) in [6.07, 6.45) is 3.44. The van der Waals surface area contributed by atoms with Gasteiger partial charge in [-0.15, -0.1) is 5.73 Å². The first-order valence-electron chi connectivity index (χ1n) is 4.07. The van der Waals surface area contributed by atoms with Crippen molar-refractivity contribution in [2.45, 2.75) is 20.3 Å². The Labute approximate surface area is 78.7 Å². The molecule has 0 aliphatic carbocycles. The molecule has 0 heterocycles. The van der Waals surface area contributed by atoms with Crippen LogP contribution in [-0.4, -0.2) is 5.71 Å². The largest absolute Gasteiger partial charge is 0.259 e. The Hall–Kier alpha value is -1.40. The minimum Gasteiger partial charge on any atom is -0.259 e. The molecule has 0 amide bonds. The molecule has 2 heteroatoms. The quantitative estimate of drug-likeness (QED) is 0.355. The van der Waals surface area contributed by atoms with Gasteiger partial charge in [-0.25, -0.2) is 4.39 Å². The molecule has 0 aromatic carbocycles. The number of hydrogen-bond donors (Lipinski definition) is 0. The Kier molecular flexibility index (Phi) is 5.49. The van der Waals surface area contributed by atoms with E-state index in [1.54, 1.807) is 6.92 Å². The van der Waals surface area contributed by atoms with Gasteiger partial charge in [-0.05, 0) is 25.0 Å². The summed E-state index contributed by atoms with van der Waals surface area (Å²) in [6, 6.07) is 0. The van der Waals surface area contributed by atoms with E-state index in [2.05, 4.69) is 23.9 Å². The van der Waals surface area contributed by atoms with Crippen molar-refractivity contribution >= 4 is 5.71 Å². The molecule has 0 aromatic heterocycles. The summed E-state index contributed by atoms with van der Waals surface area (Å²) in [6.45, 7) is 10.3. The summed E-state index contributed by atoms with van der Waals surface area (Å²) in [5.74, 6) is -0.321. The average molecular weight is 179 g/mol. The molecule has 0 atom stereocenters. The Bertz CT molecular complexity index is 291. The molecule has 1 nitrogen and oxygen atoms in total. The second-order valence-corrected chi connectivity index (χ2v) is 2.44. The lowest BCUT2D eigenvalue weighted by atomic mass is 10.1. The van der Waals surface area contributed by atoms with Crippen LogP contribution in [0.5, 0.6) is 0 Å². The topological polar surface area (TPSA) is 12.4 Å². The summed E-state index contributed by atoms with van der Waals surface area (Å²) in [5.41, 5.74) is 3.43. The van der Waals surface area contributed by atoms with Gasteiger partial charge in [0.2, 0.25) is 0 Å². The monoisotopic (exact) mass is 179 g/mol. The van der Waals surface area contributed by atoms with Gasteiger partial charge >= 0.3 is 0 Å². The molecule has 0 aromatic rings. The van der Waals surface area contributed by atoms with Gasteiger partial charge in [-0.2, -0.15) is 0 Å². The third-order valence-corrected chi connectivity index (χ3v) is 1.54. The summed E-state index contributed by atoms with van der Waals surface area (Å²) < 4.78 is 13.4. The number of hydrogen-bond acceptors (Lipinski definition) is 1. The van der Waals surface area contributed by atoms with Crippen LogP contribution >= 0.6 is 0 Å². The standard InChI is InChI=1S/C11H14FN/c1-5-8-10(6-2)11(12)9(4)13-7-3/h7-8H,1,3,6H2,2,4H3/b11-10-,13-9-. The highest BCUT2D eigenvalue weighted by atomic mass is 19.1. The predicted octanol–water partition coefficient (Wildman–Crippen LogP) is 3.57. The van der Waals surface area contributed by atoms with E-state index in [0.717, 1.165) is 0 Å². The fraction of sp³-hybridized carbons (Fsp3) is 0.273. The van der Waals surface area contributed by atoms with E-state index < -0.39 is 0 Å². The summed E-state index contributed by atoms with van der Waals surface area (Å²) in [7, 11) is 0. The van der Waals surface area contributed by atoms with Gasteiger partial charge in [0.1, 0.15) is 5.83 Å². The van der Waals surface area contributed by atoms with Crippen LogP contribution in [0.25, 0.3) is 0 Å². The van der Waals surface area contributed by atoms with Crippen LogP contribution in [0.15, 0.2) is 47.6 Å². The normalized spacial score (nSPS) is 13.0. The van der Waals surface area contributed by atoms with Gasteiger partial charge in [0.05, 0.1) is 5.71 Å². The minimum atomic E-state index is -0.321. The third-order valence-electron chi connectivity index (χ3n) is 1.54. The molecule has 70 valence electrons. The highest BCUT2D eigenvalue weighted by Gasteiger charge is 2.04. The Morgan fingerprint density at radius 1 is 1.62 bits per heavy atom. The molecule has 0 saturated carbocycles. The van der Waals surface area contributed by atoms with Crippen molar-refractivity contribution in [1.29, 1.82) is 0 Å². The lowest BCUT2D eigenvalue weighted by molar-refractivity contribution is 0.666. The van der Waals surface area contributed by atoms with E-state index in [1.165, 1.54) is 12.3 Å². The molecule has 13 heavy (non-hydrogen) atoms. The maximum Gasteiger partial charge on any atom is 0.148 e. The van der Waals surface area contributed by atoms with Crippen LogP contribution in [0.3, 0.4) is 0 Å². The van der Waals surface area contributed by atoms with Gasteiger partial charge in [0, 0.05) is 6.20 Å². The molecule has 0 rings (SSSR count). The highest BCUT2D eigenvalue weighted by Crippen LogP contribution is 2.13. The lowest BCUT2D eigenvalue weighted by Gasteiger charge is -2.00. The summed E-state index contributed by atoms with van der Waals surface area (Å²) in [4.78, 5) is 3.76. The highest BCUT2D eigenvalue weighted by molar-refractivity contribution is 5.97. The molecule has 0 bridgehead atoms. The lowest BCUT2D eigenvalue weighted by Crippen LogP contribution is -1.94. The predicted molar refractivity (Wildman–Crippen MR) is 55.4 cm³/mol. The molecule has 0 N–H and O–H groups in total. The van der Waals surface area contributed by atoms with E-state index in [0.29, 0.717) is 17.7 Å². The smallest absolute Gasteiger partial charge is 0.148 e. The van der Waals surface area contributed by atoms with E-state index in [1.807, 2.05) is 6.92 Å². The maximum absolute atomic E-state index is 13.4. The van der Waals surface area contributed by atoms with Crippen molar-refractivity contribution in [2.24, 2.45) is 4.99 Å². The number of nitrogens with zero attached hydrogens (tertiary/aromatic N) is 1. The van der Waals surface area contributed by atoms with Crippen LogP contribution in [0.1, 0.15) is 20.3 Å². The molecule has 0 saturated heterocycles. The SMILES string of the molecule is C=C=C/C(CC)=C(F)/C(C)=N\C=C. The van der Waals surface area contributed by atoms with Crippen LogP contribution in [0.4, 0.5) is 4.39 Å². The van der Waals surface area contributed by atoms with Crippen molar-refractivity contribution in [2.75, 3.05) is 0 Å². The van der Waals surface area contributed by atoms with Gasteiger partial charge in [-0.1, -0.05) is 20.1 Å². The van der Waals surface area contributed by atoms with Crippen LogP contribution < -0.4 is 0 Å². The van der Waals surface area contributed by atoms with Crippen molar-refractivity contribution < 1.29 is 4.39 Å². The number of rotatable bonds is 4. The molecule has 0 aliphatic rings. The van der Waals surface area contributed by atoms with Crippen molar-refractivity contribution in [3.63, 3.8) is 0 Å². The summed E-state index contributed by atoms with van der Waals surface area (Å²) >= 11 is 0. The zero-order chi connectivity index (χ0) is 10.3. The first kappa shape index (κ1) is 11.6. The zero-order valence-electron chi connectivity index (χ0n) is 8.10. The Morgan fingerprint density at radius 2 is 2.23 bits per heavy atom. The molecule has 0 unspecified atom stereocenters. The Balaban J connectivity index is 5.05. The molecule has 0 aliphatic heterocycles. The average Bonchev–Trinajstić information content (AvgIpc) is 2.13. The van der Waals surface area contributed by atoms with Crippen molar-refractivity contribution in [1.82, 2.24) is 0 Å². The zero-order valence-corrected chi connectivity index (χ0v) is 8.10. The molecular weight excluding hydrogens is 165 g/mol. The number of aliphatic imine (C=N–C) groups is 1. The fourth-order valence-corrected chi connectivity index (χ4v) is 0.870. The summed E-state index contributed by atoms with van der Waals surface area (Å²) in [5, 5.41) is 0. The van der Waals surface area contributed by atoms with Crippen LogP contribution in [-0.2, 0) is 0 Å². The fourth-order valence-electron chi connectivity index (χ4n) is 0.870. The van der Waals surface area contributed by atoms with Crippen LogP contribution in [0, 0.1) is 0 Å². The van der Waals surface area contributed by atoms with Gasteiger partial charge < -0.3 is 0 Å². The second kappa shape index (κ2) is 6.15. The maximum atomic E-state index is 13.4. The van der Waals surface area contributed by atoms with E-state index in [9.17, 15) is 4.39 Å². The minimum absolute atomic E-state index is 0.321. The molecule has 0 spiro atoms. The van der Waals surface area contributed by atoms with E-state index in [-0.39, 0.29) is 5.83 Å². The van der Waals surface area contributed by atoms with Crippen molar-refractivity contribution in [3.05, 3.63) is 42.6 Å². The second-order valence-electron chi connectivity index (χ2n) is 2.44. The van der Waals surface area contributed by atoms with Crippen LogP contribution in [0.2, 0.25) is 0 Å². The molecule has 0 radical (unpaired) electrons. The molecule has 0 fully saturated rings.